The van der Waals surface area contributed by atoms with Crippen molar-refractivity contribution in [1.29, 1.82) is 0 Å². The van der Waals surface area contributed by atoms with Crippen LogP contribution < -0.4 is 10.6 Å². The molecule has 0 radical (unpaired) electrons. The molecule has 128 valence electrons. The van der Waals surface area contributed by atoms with E-state index in [2.05, 4.69) is 116 Å². The fraction of sp³-hybridized carbons (Fsp3) is 0.0800. The molecule has 0 saturated carbocycles. The summed E-state index contributed by atoms with van der Waals surface area (Å²) in [5.41, 5.74) is 4.46. The van der Waals surface area contributed by atoms with E-state index in [1.807, 2.05) is 0 Å². The minimum atomic E-state index is -0.554. The van der Waals surface area contributed by atoms with E-state index in [0.29, 0.717) is 5.66 Å². The van der Waals surface area contributed by atoms with Crippen LogP contribution in [0.1, 0.15) is 22.3 Å². The number of hydrogen-bond acceptors (Lipinski definition) is 0. The van der Waals surface area contributed by atoms with Crippen molar-refractivity contribution in [3.63, 3.8) is 0 Å². The summed E-state index contributed by atoms with van der Waals surface area (Å²) in [7, 11) is -0.554. The van der Waals surface area contributed by atoms with E-state index >= 15 is 0 Å². The molecule has 26 heavy (non-hydrogen) atoms. The summed E-state index contributed by atoms with van der Waals surface area (Å²) in [5.74, 6) is 0. The van der Waals surface area contributed by atoms with Crippen LogP contribution in [0.3, 0.4) is 0 Å². The zero-order valence-corrected chi connectivity index (χ0v) is 15.8. The average molecular weight is 353 g/mol. The lowest BCUT2D eigenvalue weighted by Crippen LogP contribution is -2.17. The third-order valence-corrected chi connectivity index (χ3v) is 7.51. The molecule has 0 aliphatic rings. The first-order valence-electron chi connectivity index (χ1n) is 9.00. The Morgan fingerprint density at radius 1 is 0.692 bits per heavy atom. The van der Waals surface area contributed by atoms with Gasteiger partial charge in [0.05, 0.1) is 0 Å². The van der Waals surface area contributed by atoms with Crippen molar-refractivity contribution < 1.29 is 0 Å². The predicted molar refractivity (Wildman–Crippen MR) is 114 cm³/mol. The number of hydrogen-bond donors (Lipinski definition) is 0. The zero-order valence-electron chi connectivity index (χ0n) is 14.9. The van der Waals surface area contributed by atoms with Crippen LogP contribution in [0, 0.1) is 6.92 Å². The molecule has 0 saturated heterocycles. The summed E-state index contributed by atoms with van der Waals surface area (Å²) in [6.07, 6.45) is 0. The van der Waals surface area contributed by atoms with Gasteiger partial charge in [0.2, 0.25) is 0 Å². The Hall–Kier alpha value is -2.56. The molecule has 1 unspecified atom stereocenters. The van der Waals surface area contributed by atoms with Crippen LogP contribution in [-0.2, 0) is 0 Å². The number of aryl methyl sites for hydroxylation is 1. The van der Waals surface area contributed by atoms with Crippen LogP contribution in [0.4, 0.5) is 0 Å². The fourth-order valence-corrected chi connectivity index (χ4v) is 6.34. The van der Waals surface area contributed by atoms with E-state index < -0.39 is 7.92 Å². The number of benzene rings is 3. The Morgan fingerprint density at radius 3 is 1.88 bits per heavy atom. The van der Waals surface area contributed by atoms with Crippen LogP contribution in [0.25, 0.3) is 0 Å². The Balaban J connectivity index is 1.93. The molecular formula is C25H22P-. The molecule has 0 aliphatic carbocycles. The van der Waals surface area contributed by atoms with E-state index in [-0.39, 0.29) is 0 Å². The highest BCUT2D eigenvalue weighted by atomic mass is 31.1. The second-order valence-electron chi connectivity index (χ2n) is 6.58. The van der Waals surface area contributed by atoms with Crippen molar-refractivity contribution in [3.8, 4) is 0 Å². The van der Waals surface area contributed by atoms with Gasteiger partial charge in [-0.3, -0.25) is 0 Å². The SMILES string of the molecule is Cc1cccc(C(c2ccc[cH-]2)P(c2ccccc2)c2ccccc2)c1. The van der Waals surface area contributed by atoms with E-state index in [1.54, 1.807) is 0 Å². The van der Waals surface area contributed by atoms with Gasteiger partial charge in [0.25, 0.3) is 0 Å². The van der Waals surface area contributed by atoms with Gasteiger partial charge >= 0.3 is 0 Å². The van der Waals surface area contributed by atoms with E-state index in [9.17, 15) is 0 Å². The summed E-state index contributed by atoms with van der Waals surface area (Å²) in [5, 5.41) is 2.84. The van der Waals surface area contributed by atoms with E-state index in [4.69, 9.17) is 0 Å². The third-order valence-electron chi connectivity index (χ3n) is 4.69. The molecule has 4 aromatic carbocycles. The van der Waals surface area contributed by atoms with Crippen LogP contribution in [0.2, 0.25) is 0 Å². The second kappa shape index (κ2) is 7.77. The highest BCUT2D eigenvalue weighted by Crippen LogP contribution is 2.53. The lowest BCUT2D eigenvalue weighted by Gasteiger charge is -2.31. The zero-order chi connectivity index (χ0) is 17.8. The van der Waals surface area contributed by atoms with Crippen molar-refractivity contribution in [2.75, 3.05) is 0 Å². The number of rotatable bonds is 5. The fourth-order valence-electron chi connectivity index (χ4n) is 3.53. The van der Waals surface area contributed by atoms with Crippen molar-refractivity contribution in [3.05, 3.63) is 126 Å². The molecule has 0 spiro atoms. The Labute approximate surface area is 157 Å². The monoisotopic (exact) mass is 353 g/mol. The summed E-state index contributed by atoms with van der Waals surface area (Å²) in [6.45, 7) is 2.18. The first-order chi connectivity index (χ1) is 12.8. The van der Waals surface area contributed by atoms with Crippen molar-refractivity contribution in [2.24, 2.45) is 0 Å². The van der Waals surface area contributed by atoms with Gasteiger partial charge in [-0.25, -0.2) is 12.1 Å². The summed E-state index contributed by atoms with van der Waals surface area (Å²) in [6, 6.07) is 39.8. The van der Waals surface area contributed by atoms with Gasteiger partial charge in [-0.05, 0) is 31.0 Å². The van der Waals surface area contributed by atoms with Crippen molar-refractivity contribution in [2.45, 2.75) is 12.6 Å². The van der Waals surface area contributed by atoms with Crippen LogP contribution in [0.5, 0.6) is 0 Å². The first kappa shape index (κ1) is 16.9. The molecular weight excluding hydrogens is 331 g/mol. The highest BCUT2D eigenvalue weighted by molar-refractivity contribution is 7.73. The summed E-state index contributed by atoms with van der Waals surface area (Å²) in [4.78, 5) is 0. The van der Waals surface area contributed by atoms with Crippen LogP contribution in [0.15, 0.2) is 109 Å². The Morgan fingerprint density at radius 2 is 1.35 bits per heavy atom. The van der Waals surface area contributed by atoms with Gasteiger partial charge in [0, 0.05) is 5.66 Å². The van der Waals surface area contributed by atoms with E-state index in [1.165, 1.54) is 27.3 Å². The molecule has 1 heteroatoms. The highest BCUT2D eigenvalue weighted by Gasteiger charge is 2.25. The molecule has 0 amide bonds. The molecule has 0 aromatic heterocycles. The van der Waals surface area contributed by atoms with Gasteiger partial charge in [0.15, 0.2) is 0 Å². The molecule has 0 aliphatic heterocycles. The minimum Gasteiger partial charge on any atom is -0.213 e. The summed E-state index contributed by atoms with van der Waals surface area (Å²) < 4.78 is 0. The van der Waals surface area contributed by atoms with Gasteiger partial charge in [-0.2, -0.15) is 17.7 Å². The third kappa shape index (κ3) is 3.52. The molecule has 0 heterocycles. The van der Waals surface area contributed by atoms with Crippen LogP contribution in [-0.4, -0.2) is 0 Å². The van der Waals surface area contributed by atoms with Gasteiger partial charge in [-0.15, -0.1) is 0 Å². The average Bonchev–Trinajstić information content (AvgIpc) is 3.21. The largest absolute Gasteiger partial charge is 0.213 e. The van der Waals surface area contributed by atoms with Crippen LogP contribution >= 0.6 is 7.92 Å². The molecule has 4 rings (SSSR count). The second-order valence-corrected chi connectivity index (χ2v) is 8.87. The lowest BCUT2D eigenvalue weighted by atomic mass is 10.0. The first-order valence-corrected chi connectivity index (χ1v) is 10.4. The molecule has 0 nitrogen and oxygen atoms in total. The molecule has 0 bridgehead atoms. The Bertz CT molecular complexity index is 900. The van der Waals surface area contributed by atoms with E-state index in [0.717, 1.165) is 0 Å². The lowest BCUT2D eigenvalue weighted by molar-refractivity contribution is 1.15. The van der Waals surface area contributed by atoms with Gasteiger partial charge in [-0.1, -0.05) is 90.5 Å². The predicted octanol–water partition coefficient (Wildman–Crippen LogP) is 5.94. The van der Waals surface area contributed by atoms with Gasteiger partial charge in [0.1, 0.15) is 0 Å². The maximum Gasteiger partial charge on any atom is 0.0142 e. The van der Waals surface area contributed by atoms with Crippen molar-refractivity contribution >= 4 is 18.5 Å². The standard InChI is InChI=1S/C25H22P/c1-20-11-10-14-22(19-20)25(21-12-8-9-13-21)26(23-15-4-2-5-16-23)24-17-6-3-7-18-24/h2-19,25H,1H3/q-1. The van der Waals surface area contributed by atoms with Gasteiger partial charge < -0.3 is 0 Å². The van der Waals surface area contributed by atoms with Crippen molar-refractivity contribution in [1.82, 2.24) is 0 Å². The maximum absolute atomic E-state index is 2.35. The quantitative estimate of drug-likeness (QED) is 0.308. The molecule has 0 N–H and O–H groups in total. The summed E-state index contributed by atoms with van der Waals surface area (Å²) >= 11 is 0. The smallest absolute Gasteiger partial charge is 0.0142 e. The normalized spacial score (nSPS) is 12.2. The minimum absolute atomic E-state index is 0.352. The topological polar surface area (TPSA) is 0 Å². The Kier molecular flexibility index (Phi) is 5.04. The molecule has 4 aromatic rings. The molecule has 1 atom stereocenters. The maximum atomic E-state index is 2.35. The molecule has 0 fully saturated rings.